The van der Waals surface area contributed by atoms with Gasteiger partial charge in [-0.1, -0.05) is 36.4 Å². The monoisotopic (exact) mass is 518 g/mol. The van der Waals surface area contributed by atoms with E-state index in [1.54, 1.807) is 6.07 Å². The number of aromatic nitrogens is 2. The van der Waals surface area contributed by atoms with E-state index < -0.39 is 33.6 Å². The molecular weight excluding hydrogens is 498 g/mol. The number of benzene rings is 2. The van der Waals surface area contributed by atoms with E-state index in [2.05, 4.69) is 26.6 Å². The van der Waals surface area contributed by atoms with Crippen LogP contribution in [-0.4, -0.2) is 24.3 Å². The molecule has 1 aromatic heterocycles. The fourth-order valence-electron chi connectivity index (χ4n) is 3.15. The summed E-state index contributed by atoms with van der Waals surface area (Å²) in [5.74, 6) is -2.28. The number of halogens is 3. The highest BCUT2D eigenvalue weighted by molar-refractivity contribution is 7.89. The van der Waals surface area contributed by atoms with Crippen LogP contribution in [0.1, 0.15) is 25.5 Å². The van der Waals surface area contributed by atoms with Crippen LogP contribution >= 0.6 is 11.6 Å². The highest BCUT2D eigenvalue weighted by atomic mass is 35.5. The summed E-state index contributed by atoms with van der Waals surface area (Å²) >= 11 is 6.05. The highest BCUT2D eigenvalue weighted by Crippen LogP contribution is 2.22. The lowest BCUT2D eigenvalue weighted by molar-refractivity contribution is -0.118. The minimum Gasteiger partial charge on any atom is -0.346 e. The molecule has 0 spiro atoms. The van der Waals surface area contributed by atoms with Gasteiger partial charge in [-0.2, -0.15) is 0 Å². The van der Waals surface area contributed by atoms with E-state index in [1.165, 1.54) is 56.6 Å². The van der Waals surface area contributed by atoms with Crippen LogP contribution in [0.4, 0.5) is 8.78 Å². The Bertz CT molecular complexity index is 1470. The van der Waals surface area contributed by atoms with E-state index in [9.17, 15) is 22.0 Å². The minimum absolute atomic E-state index is 0.0590. The smallest absolute Gasteiger partial charge is 0.264 e. The number of carbonyl (C=O) groups excluding carboxylic acids is 1. The molecule has 2 aromatic carbocycles. The van der Waals surface area contributed by atoms with E-state index in [1.807, 2.05) is 0 Å². The van der Waals surface area contributed by atoms with Crippen molar-refractivity contribution in [3.63, 3.8) is 0 Å². The zero-order valence-electron chi connectivity index (χ0n) is 18.7. The van der Waals surface area contributed by atoms with Gasteiger partial charge in [-0.25, -0.2) is 17.2 Å². The van der Waals surface area contributed by atoms with Crippen molar-refractivity contribution in [2.24, 2.45) is 0 Å². The van der Waals surface area contributed by atoms with Crippen molar-refractivity contribution >= 4 is 38.6 Å². The fraction of sp³-hybridized carbons (Fsp3) is 0.125. The van der Waals surface area contributed by atoms with Gasteiger partial charge in [-0.3, -0.25) is 19.5 Å². The molecular formula is C24H21ClF2N4O3S. The number of hydrogen-bond donors (Lipinski definition) is 2. The lowest BCUT2D eigenvalue weighted by Crippen LogP contribution is -2.31. The molecule has 3 aromatic rings. The molecule has 35 heavy (non-hydrogen) atoms. The van der Waals surface area contributed by atoms with Crippen LogP contribution in [0.25, 0.3) is 11.0 Å². The van der Waals surface area contributed by atoms with Crippen LogP contribution in [0.2, 0.25) is 0 Å². The molecule has 0 saturated heterocycles. The lowest BCUT2D eigenvalue weighted by atomic mass is 10.1. The van der Waals surface area contributed by atoms with Crippen molar-refractivity contribution in [1.29, 1.82) is 0 Å². The number of nitrogens with one attached hydrogen (secondary N) is 2. The van der Waals surface area contributed by atoms with Gasteiger partial charge in [0.1, 0.15) is 22.0 Å². The van der Waals surface area contributed by atoms with E-state index in [0.29, 0.717) is 11.6 Å². The fourth-order valence-corrected chi connectivity index (χ4v) is 4.54. The van der Waals surface area contributed by atoms with Crippen molar-refractivity contribution in [2.75, 3.05) is 0 Å². The molecule has 182 valence electrons. The van der Waals surface area contributed by atoms with E-state index in [4.69, 9.17) is 11.6 Å². The molecule has 0 radical (unpaired) electrons. The second-order valence-corrected chi connectivity index (χ2v) is 9.51. The second kappa shape index (κ2) is 10.7. The van der Waals surface area contributed by atoms with Crippen LogP contribution < -0.4 is 10.0 Å². The summed E-state index contributed by atoms with van der Waals surface area (Å²) in [6, 6.07) is 6.63. The molecule has 1 amide bonds. The minimum atomic E-state index is -4.24. The molecule has 0 aliphatic carbocycles. The molecule has 0 saturated carbocycles. The molecule has 1 atom stereocenters. The Morgan fingerprint density at radius 2 is 1.89 bits per heavy atom. The van der Waals surface area contributed by atoms with Crippen LogP contribution in [0.15, 0.2) is 88.7 Å². The Morgan fingerprint density at radius 3 is 2.57 bits per heavy atom. The highest BCUT2D eigenvalue weighted by Gasteiger charge is 2.23. The van der Waals surface area contributed by atoms with Gasteiger partial charge in [0.15, 0.2) is 0 Å². The SMILES string of the molecule is C=C/C(Cl)=C\C(NS(=O)(=O)c1cccc2nccnc12)=C(/C)C(=O)N[C@H](C)c1ccc(F)cc1F. The summed E-state index contributed by atoms with van der Waals surface area (Å²) in [5.41, 5.74) is 0.367. The zero-order valence-corrected chi connectivity index (χ0v) is 20.3. The second-order valence-electron chi connectivity index (χ2n) is 7.42. The third kappa shape index (κ3) is 6.09. The first-order valence-corrected chi connectivity index (χ1v) is 12.1. The number of sulfonamides is 1. The van der Waals surface area contributed by atoms with Crippen molar-refractivity contribution < 1.29 is 22.0 Å². The predicted molar refractivity (Wildman–Crippen MR) is 130 cm³/mol. The molecule has 7 nitrogen and oxygen atoms in total. The van der Waals surface area contributed by atoms with Crippen LogP contribution in [-0.2, 0) is 14.8 Å². The number of allylic oxidation sites excluding steroid dienone is 3. The van der Waals surface area contributed by atoms with Gasteiger partial charge in [0.2, 0.25) is 5.91 Å². The van der Waals surface area contributed by atoms with Crippen molar-refractivity contribution in [1.82, 2.24) is 20.0 Å². The van der Waals surface area contributed by atoms with Crippen molar-refractivity contribution in [2.45, 2.75) is 24.8 Å². The van der Waals surface area contributed by atoms with E-state index in [-0.39, 0.29) is 32.3 Å². The topological polar surface area (TPSA) is 101 Å². The van der Waals surface area contributed by atoms with Gasteiger partial charge in [-0.05, 0) is 38.1 Å². The number of hydrogen-bond acceptors (Lipinski definition) is 5. The summed E-state index contributed by atoms with van der Waals surface area (Å²) in [4.78, 5) is 21.0. The van der Waals surface area contributed by atoms with Crippen LogP contribution in [0.3, 0.4) is 0 Å². The summed E-state index contributed by atoms with van der Waals surface area (Å²) in [6.45, 7) is 6.40. The molecule has 1 heterocycles. The average Bonchev–Trinajstić information content (AvgIpc) is 2.82. The predicted octanol–water partition coefficient (Wildman–Crippen LogP) is 4.65. The van der Waals surface area contributed by atoms with Gasteiger partial charge >= 0.3 is 0 Å². The third-order valence-electron chi connectivity index (χ3n) is 4.99. The zero-order chi connectivity index (χ0) is 25.8. The molecule has 0 aliphatic heterocycles. The number of carbonyl (C=O) groups is 1. The maximum absolute atomic E-state index is 14.1. The Labute approximate surface area is 206 Å². The maximum atomic E-state index is 14.1. The molecule has 0 fully saturated rings. The van der Waals surface area contributed by atoms with E-state index in [0.717, 1.165) is 6.07 Å². The summed E-state index contributed by atoms with van der Waals surface area (Å²) in [7, 11) is -4.24. The van der Waals surface area contributed by atoms with Crippen molar-refractivity contribution in [3.8, 4) is 0 Å². The number of amides is 1. The first-order chi connectivity index (χ1) is 16.5. The number of nitrogens with zero attached hydrogens (tertiary/aromatic N) is 2. The average molecular weight is 519 g/mol. The first-order valence-electron chi connectivity index (χ1n) is 10.2. The first kappa shape index (κ1) is 26.0. The molecule has 3 rings (SSSR count). The molecule has 0 aliphatic rings. The van der Waals surface area contributed by atoms with Gasteiger partial charge in [-0.15, -0.1) is 0 Å². The normalized spacial score (nSPS) is 13.7. The van der Waals surface area contributed by atoms with Crippen LogP contribution in [0.5, 0.6) is 0 Å². The quantitative estimate of drug-likeness (QED) is 0.334. The Morgan fingerprint density at radius 1 is 1.17 bits per heavy atom. The summed E-state index contributed by atoms with van der Waals surface area (Å²) in [6.07, 6.45) is 5.28. The Hall–Kier alpha value is -3.63. The van der Waals surface area contributed by atoms with Gasteiger partial charge < -0.3 is 5.32 Å². The standard InChI is InChI=1S/C24H21ClF2N4O3S/c1-4-16(25)12-21(14(2)24(32)30-15(3)18-9-8-17(26)13-19(18)27)31-35(33,34)22-7-5-6-20-23(22)29-11-10-28-20/h4-13,15,31H,1H2,2-3H3,(H,30,32)/b16-12+,21-14-/t15-/m1/s1. The Kier molecular flexibility index (Phi) is 7.98. The lowest BCUT2D eigenvalue weighted by Gasteiger charge is -2.18. The number of rotatable bonds is 8. The number of para-hydroxylation sites is 1. The number of fused-ring (bicyclic) bond motifs is 1. The summed E-state index contributed by atoms with van der Waals surface area (Å²) in [5, 5.41) is 2.63. The van der Waals surface area contributed by atoms with Gasteiger partial charge in [0, 0.05) is 34.6 Å². The van der Waals surface area contributed by atoms with Crippen molar-refractivity contribution in [3.05, 3.63) is 101 Å². The van der Waals surface area contributed by atoms with Gasteiger partial charge in [0.05, 0.1) is 17.3 Å². The Balaban J connectivity index is 1.99. The van der Waals surface area contributed by atoms with Crippen LogP contribution in [0, 0.1) is 11.6 Å². The molecule has 2 N–H and O–H groups in total. The molecule has 0 unspecified atom stereocenters. The third-order valence-corrected chi connectivity index (χ3v) is 6.65. The summed E-state index contributed by atoms with van der Waals surface area (Å²) < 4.78 is 56.2. The largest absolute Gasteiger partial charge is 0.346 e. The molecule has 11 heteroatoms. The van der Waals surface area contributed by atoms with Gasteiger partial charge in [0.25, 0.3) is 10.0 Å². The maximum Gasteiger partial charge on any atom is 0.264 e. The molecule has 0 bridgehead atoms. The van der Waals surface area contributed by atoms with E-state index >= 15 is 0 Å².